The summed E-state index contributed by atoms with van der Waals surface area (Å²) in [5, 5.41) is 2.82. The molecule has 0 unspecified atom stereocenters. The van der Waals surface area contributed by atoms with Crippen LogP contribution in [0.25, 0.3) is 0 Å². The van der Waals surface area contributed by atoms with E-state index < -0.39 is 22.0 Å². The number of methoxy groups -OCH3 is 1. The summed E-state index contributed by atoms with van der Waals surface area (Å²) in [5.41, 5.74) is 3.23. The van der Waals surface area contributed by atoms with Crippen LogP contribution in [0.3, 0.4) is 0 Å². The van der Waals surface area contributed by atoms with Crippen molar-refractivity contribution in [1.29, 1.82) is 0 Å². The van der Waals surface area contributed by atoms with Gasteiger partial charge < -0.3 is 19.5 Å². The second-order valence-electron chi connectivity index (χ2n) is 10.7. The van der Waals surface area contributed by atoms with E-state index in [2.05, 4.69) is 26.1 Å². The zero-order chi connectivity index (χ0) is 28.4. The number of benzene rings is 3. The number of hydrogen-bond acceptors (Lipinski definition) is 6. The van der Waals surface area contributed by atoms with Crippen LogP contribution in [-0.2, 0) is 20.2 Å². The van der Waals surface area contributed by atoms with Crippen LogP contribution in [0.1, 0.15) is 37.5 Å². The molecule has 9 heteroatoms. The van der Waals surface area contributed by atoms with Gasteiger partial charge in [0, 0.05) is 0 Å². The monoisotopic (exact) mass is 552 g/mol. The summed E-state index contributed by atoms with van der Waals surface area (Å²) in [6, 6.07) is 17.6. The van der Waals surface area contributed by atoms with Crippen molar-refractivity contribution >= 4 is 21.6 Å². The zero-order valence-electron chi connectivity index (χ0n) is 23.3. The fraction of sp³-hybridized carbons (Fsp3) is 0.367. The molecule has 3 aromatic rings. The SMILES string of the molecule is COc1ccc(S(=O)(=O)N2C[C@@H](C(=O)NCCOc3cc(C)ccc3C)Oc3ccc(C(C)(C)C)cc32)cc1. The third-order valence-corrected chi connectivity index (χ3v) is 8.43. The molecule has 1 amide bonds. The van der Waals surface area contributed by atoms with Gasteiger partial charge in [-0.1, -0.05) is 39.0 Å². The number of hydrogen-bond donors (Lipinski definition) is 1. The van der Waals surface area contributed by atoms with Crippen molar-refractivity contribution in [3.8, 4) is 17.2 Å². The molecule has 0 aliphatic carbocycles. The molecular weight excluding hydrogens is 516 g/mol. The van der Waals surface area contributed by atoms with Crippen LogP contribution < -0.4 is 23.8 Å². The highest BCUT2D eigenvalue weighted by molar-refractivity contribution is 7.92. The summed E-state index contributed by atoms with van der Waals surface area (Å²) >= 11 is 0. The summed E-state index contributed by atoms with van der Waals surface area (Å²) in [4.78, 5) is 13.2. The third-order valence-electron chi connectivity index (χ3n) is 6.64. The number of carbonyl (C=O) groups is 1. The van der Waals surface area contributed by atoms with Gasteiger partial charge in [0.1, 0.15) is 23.9 Å². The number of aryl methyl sites for hydroxylation is 2. The first-order valence-electron chi connectivity index (χ1n) is 12.9. The number of fused-ring (bicyclic) bond motifs is 1. The maximum Gasteiger partial charge on any atom is 0.264 e. The normalized spacial score (nSPS) is 15.2. The number of nitrogens with one attached hydrogen (secondary N) is 1. The van der Waals surface area contributed by atoms with Crippen molar-refractivity contribution in [1.82, 2.24) is 5.32 Å². The van der Waals surface area contributed by atoms with Gasteiger partial charge in [-0.2, -0.15) is 0 Å². The molecule has 1 atom stereocenters. The van der Waals surface area contributed by atoms with E-state index in [1.54, 1.807) is 18.2 Å². The lowest BCUT2D eigenvalue weighted by Crippen LogP contribution is -2.51. The molecule has 39 heavy (non-hydrogen) atoms. The highest BCUT2D eigenvalue weighted by atomic mass is 32.2. The van der Waals surface area contributed by atoms with Gasteiger partial charge in [0.05, 0.1) is 30.8 Å². The maximum absolute atomic E-state index is 13.8. The summed E-state index contributed by atoms with van der Waals surface area (Å²) in [6.45, 7) is 10.5. The van der Waals surface area contributed by atoms with Crippen molar-refractivity contribution in [3.05, 3.63) is 77.4 Å². The Balaban J connectivity index is 1.56. The van der Waals surface area contributed by atoms with Crippen LogP contribution in [0, 0.1) is 13.8 Å². The Labute approximate surface area is 230 Å². The van der Waals surface area contributed by atoms with Crippen LogP contribution in [0.5, 0.6) is 17.2 Å². The summed E-state index contributed by atoms with van der Waals surface area (Å²) in [6.07, 6.45) is -1.04. The smallest absolute Gasteiger partial charge is 0.264 e. The van der Waals surface area contributed by atoms with E-state index in [4.69, 9.17) is 14.2 Å². The van der Waals surface area contributed by atoms with Gasteiger partial charge in [-0.15, -0.1) is 0 Å². The number of rotatable bonds is 8. The Kier molecular flexibility index (Phi) is 8.11. The van der Waals surface area contributed by atoms with Crippen molar-refractivity contribution in [2.45, 2.75) is 51.0 Å². The predicted octanol–water partition coefficient (Wildman–Crippen LogP) is 4.76. The number of anilines is 1. The van der Waals surface area contributed by atoms with E-state index in [1.165, 1.54) is 23.5 Å². The molecule has 3 aromatic carbocycles. The second kappa shape index (κ2) is 11.2. The van der Waals surface area contributed by atoms with Crippen LogP contribution in [0.2, 0.25) is 0 Å². The van der Waals surface area contributed by atoms with E-state index in [0.29, 0.717) is 17.2 Å². The van der Waals surface area contributed by atoms with Gasteiger partial charge in [-0.3, -0.25) is 9.10 Å². The molecule has 0 bridgehead atoms. The molecule has 1 aliphatic heterocycles. The van der Waals surface area contributed by atoms with Gasteiger partial charge >= 0.3 is 0 Å². The molecule has 1 heterocycles. The Hall–Kier alpha value is -3.72. The van der Waals surface area contributed by atoms with E-state index in [1.807, 2.05) is 44.2 Å². The Morgan fingerprint density at radius 1 is 1.05 bits per heavy atom. The van der Waals surface area contributed by atoms with Crippen LogP contribution in [0.4, 0.5) is 5.69 Å². The lowest BCUT2D eigenvalue weighted by Gasteiger charge is -2.36. The molecule has 0 spiro atoms. The summed E-state index contributed by atoms with van der Waals surface area (Å²) in [7, 11) is -2.49. The minimum Gasteiger partial charge on any atom is -0.497 e. The van der Waals surface area contributed by atoms with Crippen molar-refractivity contribution in [2.75, 3.05) is 31.1 Å². The minimum absolute atomic E-state index is 0.0957. The fourth-order valence-electron chi connectivity index (χ4n) is 4.27. The van der Waals surface area contributed by atoms with E-state index in [-0.39, 0.29) is 30.0 Å². The third kappa shape index (κ3) is 6.30. The number of sulfonamides is 1. The van der Waals surface area contributed by atoms with E-state index >= 15 is 0 Å². The van der Waals surface area contributed by atoms with E-state index in [9.17, 15) is 13.2 Å². The van der Waals surface area contributed by atoms with Crippen LogP contribution in [-0.4, -0.2) is 47.2 Å². The molecule has 8 nitrogen and oxygen atoms in total. The lowest BCUT2D eigenvalue weighted by molar-refractivity contribution is -0.127. The first-order chi connectivity index (χ1) is 18.4. The molecule has 1 N–H and O–H groups in total. The molecule has 0 fully saturated rings. The highest BCUT2D eigenvalue weighted by Gasteiger charge is 2.38. The molecule has 0 saturated heterocycles. The quantitative estimate of drug-likeness (QED) is 0.405. The van der Waals surface area contributed by atoms with Crippen molar-refractivity contribution < 1.29 is 27.4 Å². The number of amides is 1. The first kappa shape index (κ1) is 28.3. The maximum atomic E-state index is 13.8. The summed E-state index contributed by atoms with van der Waals surface area (Å²) in [5.74, 6) is 1.23. The molecular formula is C30H36N2O6S. The predicted molar refractivity (Wildman–Crippen MR) is 152 cm³/mol. The Morgan fingerprint density at radius 3 is 2.44 bits per heavy atom. The summed E-state index contributed by atoms with van der Waals surface area (Å²) < 4.78 is 46.0. The van der Waals surface area contributed by atoms with Gasteiger partial charge in [-0.05, 0) is 78.4 Å². The molecule has 208 valence electrons. The Bertz CT molecular complexity index is 1450. The molecule has 0 aromatic heterocycles. The molecule has 1 aliphatic rings. The standard InChI is InChI=1S/C30H36N2O6S/c1-20-7-8-21(2)27(17-20)37-16-15-31-29(33)28-19-32(39(34,35)24-12-10-23(36-6)11-13-24)25-18-22(30(3,4)5)9-14-26(25)38-28/h7-14,17-18,28H,15-16,19H2,1-6H3,(H,31,33)/t28-/m0/s1. The van der Waals surface area contributed by atoms with Crippen LogP contribution >= 0.6 is 0 Å². The lowest BCUT2D eigenvalue weighted by atomic mass is 9.86. The number of carbonyl (C=O) groups excluding carboxylic acids is 1. The number of ether oxygens (including phenoxy) is 3. The second-order valence-corrected chi connectivity index (χ2v) is 12.5. The average Bonchev–Trinajstić information content (AvgIpc) is 2.91. The first-order valence-corrected chi connectivity index (χ1v) is 14.3. The number of nitrogens with zero attached hydrogens (tertiary/aromatic N) is 1. The van der Waals surface area contributed by atoms with Crippen molar-refractivity contribution in [3.63, 3.8) is 0 Å². The van der Waals surface area contributed by atoms with Gasteiger partial charge in [-0.25, -0.2) is 8.42 Å². The topological polar surface area (TPSA) is 94.2 Å². The molecule has 0 radical (unpaired) electrons. The van der Waals surface area contributed by atoms with Crippen molar-refractivity contribution in [2.24, 2.45) is 0 Å². The average molecular weight is 553 g/mol. The zero-order valence-corrected chi connectivity index (χ0v) is 24.1. The highest BCUT2D eigenvalue weighted by Crippen LogP contribution is 2.40. The molecule has 4 rings (SSSR count). The molecule has 0 saturated carbocycles. The fourth-order valence-corrected chi connectivity index (χ4v) is 5.74. The van der Waals surface area contributed by atoms with E-state index in [0.717, 1.165) is 22.4 Å². The largest absolute Gasteiger partial charge is 0.497 e. The van der Waals surface area contributed by atoms with Gasteiger partial charge in [0.15, 0.2) is 6.10 Å². The van der Waals surface area contributed by atoms with Gasteiger partial charge in [0.2, 0.25) is 0 Å². The van der Waals surface area contributed by atoms with Gasteiger partial charge in [0.25, 0.3) is 15.9 Å². The Morgan fingerprint density at radius 2 is 1.77 bits per heavy atom. The van der Waals surface area contributed by atoms with Crippen LogP contribution in [0.15, 0.2) is 65.6 Å². The minimum atomic E-state index is -4.01.